The number of amides is 1. The number of thioether (sulfide) groups is 2. The molecule has 1 unspecified atom stereocenters. The number of anilines is 1. The van der Waals surface area contributed by atoms with Crippen molar-refractivity contribution in [2.45, 2.75) is 22.4 Å². The lowest BCUT2D eigenvalue weighted by Crippen LogP contribution is -2.67. The highest BCUT2D eigenvalue weighted by Crippen LogP contribution is 2.42. The number of rotatable bonds is 8. The summed E-state index contributed by atoms with van der Waals surface area (Å²) >= 11 is 2.40. The molecule has 0 bridgehead atoms. The summed E-state index contributed by atoms with van der Waals surface area (Å²) in [6, 6.07) is -0.605. The Morgan fingerprint density at radius 3 is 2.93 bits per heavy atom. The number of H-pyrrole nitrogens is 1. The zero-order chi connectivity index (χ0) is 21.5. The summed E-state index contributed by atoms with van der Waals surface area (Å²) in [4.78, 5) is 32.5. The Morgan fingerprint density at radius 1 is 1.47 bits per heavy atom. The van der Waals surface area contributed by atoms with Crippen molar-refractivity contribution < 1.29 is 27.7 Å². The number of fused-ring (bicyclic) bond motifs is 1. The summed E-state index contributed by atoms with van der Waals surface area (Å²) < 4.78 is 31.9. The number of tetrazole rings is 1. The molecule has 2 aliphatic heterocycles. The van der Waals surface area contributed by atoms with E-state index in [0.717, 1.165) is 16.4 Å². The van der Waals surface area contributed by atoms with E-state index in [1.807, 2.05) is 0 Å². The normalized spacial score (nSPS) is 21.4. The predicted molar refractivity (Wildman–Crippen MR) is 104 cm³/mol. The summed E-state index contributed by atoms with van der Waals surface area (Å²) in [6.07, 6.45) is 3.13. The van der Waals surface area contributed by atoms with Gasteiger partial charge in [-0.1, -0.05) is 11.8 Å². The number of imidazole rings is 1. The first-order chi connectivity index (χ1) is 14.2. The quantitative estimate of drug-likeness (QED) is 0.208. The molecule has 1 amide bonds. The van der Waals surface area contributed by atoms with Crippen LogP contribution in [0.4, 0.5) is 5.95 Å². The molecule has 1 saturated heterocycles. The third kappa shape index (κ3) is 4.00. The molecular formula is C13H14N8O6S3. The van der Waals surface area contributed by atoms with Gasteiger partial charge in [-0.2, -0.15) is 8.42 Å². The SMILES string of the molecule is O=C(O)C1=C(CSc2nnnn2CS(=O)(=O)O)CS[C@H]2C(Nc3ncc[nH]3)C(=O)N12. The molecule has 17 heteroatoms. The van der Waals surface area contributed by atoms with Gasteiger partial charge in [-0.15, -0.1) is 16.9 Å². The van der Waals surface area contributed by atoms with Crippen molar-refractivity contribution in [3.05, 3.63) is 23.7 Å². The van der Waals surface area contributed by atoms with E-state index >= 15 is 0 Å². The zero-order valence-corrected chi connectivity index (χ0v) is 17.3. The third-order valence-corrected chi connectivity index (χ3v) is 7.15. The van der Waals surface area contributed by atoms with Crippen molar-refractivity contribution in [2.24, 2.45) is 0 Å². The van der Waals surface area contributed by atoms with Crippen molar-refractivity contribution in [2.75, 3.05) is 16.8 Å². The maximum Gasteiger partial charge on any atom is 0.352 e. The highest BCUT2D eigenvalue weighted by atomic mass is 32.2. The van der Waals surface area contributed by atoms with Gasteiger partial charge in [0.1, 0.15) is 17.1 Å². The molecule has 2 atom stereocenters. The van der Waals surface area contributed by atoms with E-state index in [0.29, 0.717) is 17.3 Å². The molecule has 0 aliphatic carbocycles. The van der Waals surface area contributed by atoms with Crippen LogP contribution >= 0.6 is 23.5 Å². The van der Waals surface area contributed by atoms with Crippen LogP contribution in [0.1, 0.15) is 0 Å². The molecule has 4 heterocycles. The van der Waals surface area contributed by atoms with Crippen LogP contribution in [0.3, 0.4) is 0 Å². The average molecular weight is 475 g/mol. The van der Waals surface area contributed by atoms with Crippen molar-refractivity contribution in [1.82, 2.24) is 35.1 Å². The lowest BCUT2D eigenvalue weighted by Gasteiger charge is -2.49. The molecule has 160 valence electrons. The van der Waals surface area contributed by atoms with Crippen molar-refractivity contribution in [3.63, 3.8) is 0 Å². The van der Waals surface area contributed by atoms with Crippen molar-refractivity contribution >= 4 is 51.5 Å². The minimum absolute atomic E-state index is 0.0873. The Morgan fingerprint density at radius 2 is 2.27 bits per heavy atom. The maximum absolute atomic E-state index is 12.6. The van der Waals surface area contributed by atoms with Crippen LogP contribution in [0, 0.1) is 0 Å². The monoisotopic (exact) mass is 474 g/mol. The number of β-lactam (4-membered cyclic amide) rings is 1. The zero-order valence-electron chi connectivity index (χ0n) is 14.9. The number of nitrogens with one attached hydrogen (secondary N) is 2. The van der Waals surface area contributed by atoms with Crippen LogP contribution in [-0.2, 0) is 25.6 Å². The van der Waals surface area contributed by atoms with Crippen LogP contribution in [0.15, 0.2) is 28.8 Å². The van der Waals surface area contributed by atoms with Crippen molar-refractivity contribution in [1.29, 1.82) is 0 Å². The van der Waals surface area contributed by atoms with Gasteiger partial charge in [0.15, 0.2) is 5.88 Å². The number of nitrogens with zero attached hydrogens (tertiary/aromatic N) is 6. The molecule has 0 saturated carbocycles. The number of carbonyl (C=O) groups excluding carboxylic acids is 1. The summed E-state index contributed by atoms with van der Waals surface area (Å²) in [5, 5.41) is 22.9. The standard InChI is InChI=1S/C13H14N8O6S3/c22-9-7(16-12-14-1-2-15-12)10-21(9)8(11(23)24)6(3-28-10)4-29-13-17-18-19-20(13)5-30(25,26)27/h1-2,7,10H,3-5H2,(H,23,24)(H2,14,15,16)(H,25,26,27)/t7?,10-/m0/s1. The molecule has 2 aliphatic rings. The number of aromatic amines is 1. The predicted octanol–water partition coefficient (Wildman–Crippen LogP) is -0.932. The van der Waals surface area contributed by atoms with E-state index in [4.69, 9.17) is 4.55 Å². The molecule has 2 aromatic rings. The molecule has 2 aromatic heterocycles. The number of aromatic nitrogens is 6. The molecule has 1 fully saturated rings. The fourth-order valence-electron chi connectivity index (χ4n) is 2.97. The molecule has 0 radical (unpaired) electrons. The Balaban J connectivity index is 1.50. The Bertz CT molecular complexity index is 1110. The van der Waals surface area contributed by atoms with Gasteiger partial charge >= 0.3 is 5.97 Å². The van der Waals surface area contributed by atoms with E-state index in [1.165, 1.54) is 22.9 Å². The van der Waals surface area contributed by atoms with Crippen LogP contribution < -0.4 is 5.32 Å². The second-order valence-electron chi connectivity index (χ2n) is 6.19. The molecule has 0 aromatic carbocycles. The molecule has 30 heavy (non-hydrogen) atoms. The average Bonchev–Trinajstić information content (AvgIpc) is 3.34. The topological polar surface area (TPSA) is 196 Å². The number of carbonyl (C=O) groups is 2. The lowest BCUT2D eigenvalue weighted by atomic mass is 10.0. The first-order valence-corrected chi connectivity index (χ1v) is 11.9. The highest BCUT2D eigenvalue weighted by Gasteiger charge is 2.53. The van der Waals surface area contributed by atoms with Gasteiger partial charge in [0.25, 0.3) is 16.0 Å². The van der Waals surface area contributed by atoms with Gasteiger partial charge in [0.2, 0.25) is 11.1 Å². The van der Waals surface area contributed by atoms with Crippen molar-refractivity contribution in [3.8, 4) is 0 Å². The number of hydrogen-bond acceptors (Lipinski definition) is 11. The van der Waals surface area contributed by atoms with E-state index in [1.54, 1.807) is 6.20 Å². The summed E-state index contributed by atoms with van der Waals surface area (Å²) in [5.74, 6) is -1.57. The van der Waals surface area contributed by atoms with E-state index in [-0.39, 0.29) is 22.5 Å². The largest absolute Gasteiger partial charge is 0.477 e. The Hall–Kier alpha value is -2.63. The Kier molecular flexibility index (Phi) is 5.43. The third-order valence-electron chi connectivity index (χ3n) is 4.20. The minimum Gasteiger partial charge on any atom is -0.477 e. The van der Waals surface area contributed by atoms with Crippen LogP contribution in [0.25, 0.3) is 0 Å². The Labute approximate surface area is 177 Å². The summed E-state index contributed by atoms with van der Waals surface area (Å²) in [5.41, 5.74) is 0.363. The lowest BCUT2D eigenvalue weighted by molar-refractivity contribution is -0.147. The highest BCUT2D eigenvalue weighted by molar-refractivity contribution is 8.01. The van der Waals surface area contributed by atoms with E-state index in [2.05, 4.69) is 30.8 Å². The fourth-order valence-corrected chi connectivity index (χ4v) is 5.90. The summed E-state index contributed by atoms with van der Waals surface area (Å²) in [6.45, 7) is 0. The van der Waals surface area contributed by atoms with Crippen LogP contribution in [0.2, 0.25) is 0 Å². The van der Waals surface area contributed by atoms with Gasteiger partial charge in [-0.3, -0.25) is 14.2 Å². The number of hydrogen-bond donors (Lipinski definition) is 4. The van der Waals surface area contributed by atoms with E-state index < -0.39 is 33.4 Å². The van der Waals surface area contributed by atoms with Gasteiger partial charge in [0, 0.05) is 23.9 Å². The molecule has 0 spiro atoms. The van der Waals surface area contributed by atoms with Crippen LogP contribution in [0.5, 0.6) is 0 Å². The summed E-state index contributed by atoms with van der Waals surface area (Å²) in [7, 11) is -4.35. The maximum atomic E-state index is 12.6. The molecule has 4 N–H and O–H groups in total. The van der Waals surface area contributed by atoms with Gasteiger partial charge in [-0.05, 0) is 16.0 Å². The first-order valence-electron chi connectivity index (χ1n) is 8.24. The van der Waals surface area contributed by atoms with Gasteiger partial charge in [0.05, 0.1) is 0 Å². The second kappa shape index (κ2) is 7.89. The number of carboxylic acid groups (broad SMARTS) is 1. The number of carboxylic acids is 1. The van der Waals surface area contributed by atoms with E-state index in [9.17, 15) is 23.1 Å². The van der Waals surface area contributed by atoms with Gasteiger partial charge < -0.3 is 15.4 Å². The smallest absolute Gasteiger partial charge is 0.352 e. The fraction of sp³-hybridized carbons (Fsp3) is 0.385. The second-order valence-corrected chi connectivity index (χ2v) is 9.66. The first kappa shape index (κ1) is 20.6. The van der Waals surface area contributed by atoms with Crippen LogP contribution in [-0.4, -0.2) is 88.0 Å². The molecular weight excluding hydrogens is 460 g/mol. The minimum atomic E-state index is -4.35. The van der Waals surface area contributed by atoms with Gasteiger partial charge in [-0.25, -0.2) is 14.5 Å². The molecule has 14 nitrogen and oxygen atoms in total. The number of aliphatic carboxylic acids is 1. The molecule has 4 rings (SSSR count).